The Morgan fingerprint density at radius 1 is 1.19 bits per heavy atom. The Labute approximate surface area is 155 Å². The maximum Gasteiger partial charge on any atom is 0.232 e. The Kier molecular flexibility index (Phi) is 4.34. The smallest absolute Gasteiger partial charge is 0.232 e. The summed E-state index contributed by atoms with van der Waals surface area (Å²) in [6.45, 7) is 0.462. The fraction of sp³-hybridized carbons (Fsp3) is 0.211. The molecule has 1 aromatic heterocycles. The molecule has 0 spiro atoms. The molecule has 1 atom stereocenters. The number of methoxy groups -OCH3 is 1. The number of anilines is 1. The third-order valence-electron chi connectivity index (χ3n) is 4.41. The molecule has 1 amide bonds. The van der Waals surface area contributed by atoms with Gasteiger partial charge in [0.2, 0.25) is 17.6 Å². The van der Waals surface area contributed by atoms with Gasteiger partial charge in [0.15, 0.2) is 0 Å². The minimum Gasteiger partial charge on any atom is -0.495 e. The first kappa shape index (κ1) is 16.6. The van der Waals surface area contributed by atoms with Crippen molar-refractivity contribution in [2.24, 2.45) is 0 Å². The minimum atomic E-state index is -0.170. The molecule has 1 unspecified atom stereocenters. The topological polar surface area (TPSA) is 68.5 Å². The number of carbonyl (C=O) groups is 1. The number of hydrogen-bond donors (Lipinski definition) is 0. The predicted molar refractivity (Wildman–Crippen MR) is 97.4 cm³/mol. The van der Waals surface area contributed by atoms with Gasteiger partial charge in [-0.15, -0.1) is 0 Å². The van der Waals surface area contributed by atoms with E-state index in [1.54, 1.807) is 18.1 Å². The molecular formula is C19H16ClN3O3. The van der Waals surface area contributed by atoms with Gasteiger partial charge in [0.1, 0.15) is 5.75 Å². The Bertz CT molecular complexity index is 956. The first-order valence-electron chi connectivity index (χ1n) is 8.19. The van der Waals surface area contributed by atoms with Gasteiger partial charge < -0.3 is 14.2 Å². The number of rotatable bonds is 4. The van der Waals surface area contributed by atoms with Gasteiger partial charge in [0.05, 0.1) is 23.7 Å². The summed E-state index contributed by atoms with van der Waals surface area (Å²) < 4.78 is 10.8. The normalized spacial score (nSPS) is 16.9. The van der Waals surface area contributed by atoms with E-state index < -0.39 is 0 Å². The Morgan fingerprint density at radius 2 is 1.96 bits per heavy atom. The molecule has 132 valence electrons. The fourth-order valence-corrected chi connectivity index (χ4v) is 3.33. The van der Waals surface area contributed by atoms with Crippen LogP contribution in [-0.2, 0) is 4.79 Å². The number of ether oxygens (including phenoxy) is 1. The third-order valence-corrected chi connectivity index (χ3v) is 4.74. The molecule has 0 saturated carbocycles. The third kappa shape index (κ3) is 2.93. The van der Waals surface area contributed by atoms with Crippen LogP contribution in [0.1, 0.15) is 18.2 Å². The maximum absolute atomic E-state index is 12.5. The highest BCUT2D eigenvalue weighted by molar-refractivity contribution is 6.33. The van der Waals surface area contributed by atoms with Crippen molar-refractivity contribution >= 4 is 23.2 Å². The molecule has 6 nitrogen and oxygen atoms in total. The van der Waals surface area contributed by atoms with E-state index in [1.807, 2.05) is 42.5 Å². The molecular weight excluding hydrogens is 354 g/mol. The van der Waals surface area contributed by atoms with Crippen molar-refractivity contribution in [1.82, 2.24) is 10.1 Å². The first-order chi connectivity index (χ1) is 12.7. The van der Waals surface area contributed by atoms with Gasteiger partial charge in [-0.1, -0.05) is 41.0 Å². The molecule has 1 aliphatic heterocycles. The highest BCUT2D eigenvalue weighted by Gasteiger charge is 2.36. The molecule has 3 aromatic rings. The number of halogens is 1. The highest BCUT2D eigenvalue weighted by Crippen LogP contribution is 2.36. The Hall–Kier alpha value is -2.86. The average molecular weight is 370 g/mol. The van der Waals surface area contributed by atoms with Gasteiger partial charge in [0.25, 0.3) is 0 Å². The van der Waals surface area contributed by atoms with Crippen molar-refractivity contribution in [3.05, 3.63) is 59.4 Å². The number of para-hydroxylation sites is 2. The van der Waals surface area contributed by atoms with E-state index in [2.05, 4.69) is 10.1 Å². The van der Waals surface area contributed by atoms with Crippen LogP contribution in [0, 0.1) is 0 Å². The lowest BCUT2D eigenvalue weighted by Crippen LogP contribution is -2.24. The Balaban J connectivity index is 1.59. The highest BCUT2D eigenvalue weighted by atomic mass is 35.5. The summed E-state index contributed by atoms with van der Waals surface area (Å²) in [5, 5.41) is 4.58. The fourth-order valence-electron chi connectivity index (χ4n) is 3.11. The van der Waals surface area contributed by atoms with Crippen molar-refractivity contribution in [2.75, 3.05) is 18.6 Å². The minimum absolute atomic E-state index is 0.00278. The van der Waals surface area contributed by atoms with Crippen molar-refractivity contribution < 1.29 is 14.1 Å². The molecule has 0 bridgehead atoms. The number of amides is 1. The zero-order valence-corrected chi connectivity index (χ0v) is 14.8. The summed E-state index contributed by atoms with van der Waals surface area (Å²) in [7, 11) is 1.59. The molecule has 2 heterocycles. The molecule has 2 aromatic carbocycles. The summed E-state index contributed by atoms with van der Waals surface area (Å²) in [4.78, 5) is 18.7. The van der Waals surface area contributed by atoms with E-state index in [0.717, 1.165) is 5.69 Å². The van der Waals surface area contributed by atoms with E-state index in [-0.39, 0.29) is 11.8 Å². The maximum atomic E-state index is 12.5. The van der Waals surface area contributed by atoms with Crippen LogP contribution >= 0.6 is 11.6 Å². The summed E-state index contributed by atoms with van der Waals surface area (Å²) in [5.41, 5.74) is 1.45. The quantitative estimate of drug-likeness (QED) is 0.697. The van der Waals surface area contributed by atoms with E-state index in [4.69, 9.17) is 20.9 Å². The van der Waals surface area contributed by atoms with Gasteiger partial charge >= 0.3 is 0 Å². The molecule has 1 aliphatic rings. The van der Waals surface area contributed by atoms with Crippen LogP contribution in [0.3, 0.4) is 0 Å². The molecule has 0 radical (unpaired) electrons. The van der Waals surface area contributed by atoms with E-state index in [0.29, 0.717) is 41.0 Å². The van der Waals surface area contributed by atoms with Crippen LogP contribution < -0.4 is 9.64 Å². The zero-order valence-electron chi connectivity index (χ0n) is 14.1. The van der Waals surface area contributed by atoms with Crippen LogP contribution in [-0.4, -0.2) is 29.7 Å². The van der Waals surface area contributed by atoms with Crippen molar-refractivity contribution in [2.45, 2.75) is 12.3 Å². The second-order valence-corrected chi connectivity index (χ2v) is 6.42. The van der Waals surface area contributed by atoms with Crippen LogP contribution in [0.15, 0.2) is 53.1 Å². The van der Waals surface area contributed by atoms with Crippen LogP contribution in [0.25, 0.3) is 11.4 Å². The van der Waals surface area contributed by atoms with Crippen LogP contribution in [0.2, 0.25) is 5.02 Å². The Morgan fingerprint density at radius 3 is 2.77 bits per heavy atom. The molecule has 1 fully saturated rings. The zero-order chi connectivity index (χ0) is 18.1. The van der Waals surface area contributed by atoms with Crippen molar-refractivity contribution in [3.63, 3.8) is 0 Å². The van der Waals surface area contributed by atoms with E-state index in [1.165, 1.54) is 0 Å². The summed E-state index contributed by atoms with van der Waals surface area (Å²) in [5.74, 6) is 1.34. The average Bonchev–Trinajstić information content (AvgIpc) is 3.29. The van der Waals surface area contributed by atoms with E-state index >= 15 is 0 Å². The van der Waals surface area contributed by atoms with Gasteiger partial charge in [-0.05, 0) is 24.3 Å². The molecule has 1 saturated heterocycles. The van der Waals surface area contributed by atoms with Crippen molar-refractivity contribution in [1.29, 1.82) is 0 Å². The monoisotopic (exact) mass is 369 g/mol. The van der Waals surface area contributed by atoms with Crippen LogP contribution in [0.4, 0.5) is 5.69 Å². The standard InChI is InChI=1S/C19H16ClN3O3/c1-25-16-9-5-4-8-15(16)23-11-12(10-17(23)24)19-21-18(22-26-19)13-6-2-3-7-14(13)20/h2-9,12H,10-11H2,1H3. The molecule has 26 heavy (non-hydrogen) atoms. The van der Waals surface area contributed by atoms with Gasteiger partial charge in [0, 0.05) is 18.5 Å². The number of carbonyl (C=O) groups excluding carboxylic acids is 1. The number of nitrogens with zero attached hydrogens (tertiary/aromatic N) is 3. The summed E-state index contributed by atoms with van der Waals surface area (Å²) >= 11 is 6.19. The number of aromatic nitrogens is 2. The largest absolute Gasteiger partial charge is 0.495 e. The summed E-state index contributed by atoms with van der Waals surface area (Å²) in [6.07, 6.45) is 0.308. The van der Waals surface area contributed by atoms with Gasteiger partial charge in [-0.25, -0.2) is 0 Å². The van der Waals surface area contributed by atoms with E-state index in [9.17, 15) is 4.79 Å². The summed E-state index contributed by atoms with van der Waals surface area (Å²) in [6, 6.07) is 14.7. The SMILES string of the molecule is COc1ccccc1N1CC(c2nc(-c3ccccc3Cl)no2)CC1=O. The molecule has 7 heteroatoms. The number of hydrogen-bond acceptors (Lipinski definition) is 5. The second-order valence-electron chi connectivity index (χ2n) is 6.01. The lowest BCUT2D eigenvalue weighted by Gasteiger charge is -2.18. The first-order valence-corrected chi connectivity index (χ1v) is 8.57. The number of benzene rings is 2. The molecule has 0 N–H and O–H groups in total. The molecule has 4 rings (SSSR count). The van der Waals surface area contributed by atoms with Crippen LogP contribution in [0.5, 0.6) is 5.75 Å². The molecule has 0 aliphatic carbocycles. The van der Waals surface area contributed by atoms with Gasteiger partial charge in [-0.2, -0.15) is 4.98 Å². The second kappa shape index (κ2) is 6.80. The van der Waals surface area contributed by atoms with Gasteiger partial charge in [-0.3, -0.25) is 4.79 Å². The van der Waals surface area contributed by atoms with Crippen molar-refractivity contribution in [3.8, 4) is 17.1 Å². The lowest BCUT2D eigenvalue weighted by atomic mass is 10.1. The predicted octanol–water partition coefficient (Wildman–Crippen LogP) is 3.92. The lowest BCUT2D eigenvalue weighted by molar-refractivity contribution is -0.117.